The molecule has 0 bridgehead atoms. The lowest BCUT2D eigenvalue weighted by molar-refractivity contribution is -0.120. The summed E-state index contributed by atoms with van der Waals surface area (Å²) in [4.78, 5) is 27.6. The molecule has 1 saturated heterocycles. The molecule has 0 aliphatic carbocycles. The van der Waals surface area contributed by atoms with E-state index in [-0.39, 0.29) is 30.1 Å². The first kappa shape index (κ1) is 31.7. The highest BCUT2D eigenvalue weighted by atomic mass is 32.2. The summed E-state index contributed by atoms with van der Waals surface area (Å²) in [6.07, 6.45) is 0.0974. The Morgan fingerprint density at radius 2 is 1.56 bits per heavy atom. The molecular weight excluding hydrogens is 598 g/mol. The van der Waals surface area contributed by atoms with E-state index >= 15 is 0 Å². The molecule has 43 heavy (non-hydrogen) atoms. The Kier molecular flexibility index (Phi) is 10.2. The summed E-state index contributed by atoms with van der Waals surface area (Å²) < 4.78 is 66.8. The molecule has 1 fully saturated rings. The van der Waals surface area contributed by atoms with Crippen LogP contribution in [0.3, 0.4) is 0 Å². The predicted octanol–water partition coefficient (Wildman–Crippen LogP) is 1.95. The first-order valence-electron chi connectivity index (χ1n) is 13.2. The molecule has 3 amide bonds. The highest BCUT2D eigenvalue weighted by Crippen LogP contribution is 2.21. The second-order valence-corrected chi connectivity index (χ2v) is 12.9. The van der Waals surface area contributed by atoms with Crippen LogP contribution in [-0.4, -0.2) is 79.6 Å². The first-order valence-corrected chi connectivity index (χ1v) is 16.2. The molecule has 1 aliphatic heterocycles. The number of anilines is 2. The molecule has 13 nitrogen and oxygen atoms in total. The Morgan fingerprint density at radius 1 is 0.930 bits per heavy atom. The number of ether oxygens (including phenoxy) is 2. The predicted molar refractivity (Wildman–Crippen MR) is 161 cm³/mol. The van der Waals surface area contributed by atoms with Gasteiger partial charge in [-0.1, -0.05) is 30.3 Å². The van der Waals surface area contributed by atoms with E-state index in [2.05, 4.69) is 10.0 Å². The van der Waals surface area contributed by atoms with Gasteiger partial charge < -0.3 is 19.7 Å². The van der Waals surface area contributed by atoms with Crippen LogP contribution in [0.5, 0.6) is 5.75 Å². The monoisotopic (exact) mass is 631 g/mol. The molecule has 15 heteroatoms. The van der Waals surface area contributed by atoms with Crippen LogP contribution in [0, 0.1) is 0 Å². The Balaban J connectivity index is 1.43. The smallest absolute Gasteiger partial charge is 0.330 e. The molecule has 0 radical (unpaired) electrons. The number of urea groups is 1. The molecule has 1 atom stereocenters. The second kappa shape index (κ2) is 13.9. The minimum Gasteiger partial charge on any atom is -0.497 e. The quantitative estimate of drug-likeness (QED) is 0.289. The van der Waals surface area contributed by atoms with E-state index in [0.717, 1.165) is 5.56 Å². The first-order chi connectivity index (χ1) is 20.5. The van der Waals surface area contributed by atoms with E-state index in [1.807, 2.05) is 10.8 Å². The molecule has 1 heterocycles. The summed E-state index contributed by atoms with van der Waals surface area (Å²) in [7, 11) is -5.15. The van der Waals surface area contributed by atoms with Crippen LogP contribution in [-0.2, 0) is 36.2 Å². The van der Waals surface area contributed by atoms with Gasteiger partial charge in [-0.2, -0.15) is 12.7 Å². The molecule has 1 aliphatic rings. The number of methoxy groups -OCH3 is 1. The fourth-order valence-electron chi connectivity index (χ4n) is 4.34. The Labute approximate surface area is 251 Å². The van der Waals surface area contributed by atoms with Crippen molar-refractivity contribution >= 4 is 43.5 Å². The molecule has 0 unspecified atom stereocenters. The summed E-state index contributed by atoms with van der Waals surface area (Å²) >= 11 is 0. The van der Waals surface area contributed by atoms with Crippen molar-refractivity contribution in [3.63, 3.8) is 0 Å². The zero-order chi connectivity index (χ0) is 31.0. The lowest BCUT2D eigenvalue weighted by Gasteiger charge is -2.26. The fourth-order valence-corrected chi connectivity index (χ4v) is 6.55. The third-order valence-electron chi connectivity index (χ3n) is 6.62. The van der Waals surface area contributed by atoms with Crippen LogP contribution in [0.25, 0.3) is 0 Å². The Morgan fingerprint density at radius 3 is 2.16 bits per heavy atom. The van der Waals surface area contributed by atoms with Crippen molar-refractivity contribution in [2.45, 2.75) is 17.4 Å². The number of hydrogen-bond donors (Lipinski definition) is 3. The number of carbonyl (C=O) groups excluding carboxylic acids is 2. The highest BCUT2D eigenvalue weighted by molar-refractivity contribution is 7.91. The highest BCUT2D eigenvalue weighted by Gasteiger charge is 2.28. The number of benzene rings is 3. The van der Waals surface area contributed by atoms with Crippen molar-refractivity contribution in [1.29, 1.82) is 0 Å². The van der Waals surface area contributed by atoms with Crippen LogP contribution in [0.15, 0.2) is 83.8 Å². The van der Waals surface area contributed by atoms with E-state index in [4.69, 9.17) is 9.47 Å². The average Bonchev–Trinajstić information content (AvgIpc) is 3.00. The van der Waals surface area contributed by atoms with E-state index in [1.54, 1.807) is 55.6 Å². The minimum absolute atomic E-state index is 0.00806. The Bertz CT molecular complexity index is 1610. The van der Waals surface area contributed by atoms with E-state index in [1.165, 1.54) is 40.6 Å². The minimum atomic E-state index is -4.45. The SMILES string of the molecule is COc1ccc(N(C)C(=O)[C@H](Cc2ccccc2)NC(=O)NS(=O)(=O)Nc2ccc(S(=O)(=O)N3CCOCC3)cc2)cc1. The molecular formula is C28H33N5O8S2. The molecule has 3 aromatic carbocycles. The zero-order valence-corrected chi connectivity index (χ0v) is 25.2. The van der Waals surface area contributed by atoms with Crippen molar-refractivity contribution in [1.82, 2.24) is 14.3 Å². The van der Waals surface area contributed by atoms with E-state index < -0.39 is 38.2 Å². The standard InChI is InChI=1S/C28H33N5O8S2/c1-32(23-10-12-24(40-2)13-11-23)27(34)26(20-21-6-4-3-5-7-21)29-28(35)31-43(38,39)30-22-8-14-25(15-9-22)42(36,37)33-16-18-41-19-17-33/h3-15,26,30H,16-20H2,1-2H3,(H2,29,31,35)/t26-/m0/s1. The van der Waals surface area contributed by atoms with Gasteiger partial charge in [-0.25, -0.2) is 17.9 Å². The third kappa shape index (κ3) is 8.44. The summed E-state index contributed by atoms with van der Waals surface area (Å²) in [5.74, 6) is 0.126. The maximum atomic E-state index is 13.4. The molecule has 0 saturated carbocycles. The largest absolute Gasteiger partial charge is 0.497 e. The number of carbonyl (C=O) groups is 2. The summed E-state index contributed by atoms with van der Waals surface area (Å²) in [5, 5.41) is 2.47. The number of likely N-dealkylation sites (N-methyl/N-ethyl adjacent to an activating group) is 1. The number of rotatable bonds is 11. The molecule has 230 valence electrons. The van der Waals surface area contributed by atoms with Crippen LogP contribution in [0.4, 0.5) is 16.2 Å². The van der Waals surface area contributed by atoms with Gasteiger partial charge in [0.05, 0.1) is 30.9 Å². The molecule has 3 N–H and O–H groups in total. The van der Waals surface area contributed by atoms with Gasteiger partial charge in [0.25, 0.3) is 0 Å². The Hall–Kier alpha value is -4.18. The van der Waals surface area contributed by atoms with Gasteiger partial charge in [0.1, 0.15) is 11.8 Å². The molecule has 4 rings (SSSR count). The molecule has 0 aromatic heterocycles. The third-order valence-corrected chi connectivity index (χ3v) is 9.49. The van der Waals surface area contributed by atoms with Crippen molar-refractivity contribution in [2.75, 3.05) is 50.1 Å². The van der Waals surface area contributed by atoms with Gasteiger partial charge >= 0.3 is 16.2 Å². The topological polar surface area (TPSA) is 163 Å². The number of nitrogens with zero attached hydrogens (tertiary/aromatic N) is 2. The average molecular weight is 632 g/mol. The van der Waals surface area contributed by atoms with Gasteiger partial charge in [0.2, 0.25) is 15.9 Å². The number of hydrogen-bond acceptors (Lipinski definition) is 8. The summed E-state index contributed by atoms with van der Waals surface area (Å²) in [6, 6.07) is 18.5. The second-order valence-electron chi connectivity index (χ2n) is 9.56. The van der Waals surface area contributed by atoms with E-state index in [9.17, 15) is 26.4 Å². The molecule has 3 aromatic rings. The van der Waals surface area contributed by atoms with Crippen molar-refractivity contribution < 1.29 is 35.9 Å². The number of nitrogens with one attached hydrogen (secondary N) is 3. The van der Waals surface area contributed by atoms with Crippen LogP contribution >= 0.6 is 0 Å². The van der Waals surface area contributed by atoms with Crippen LogP contribution in [0.1, 0.15) is 5.56 Å². The fraction of sp³-hybridized carbons (Fsp3) is 0.286. The van der Waals surface area contributed by atoms with Crippen molar-refractivity contribution in [3.05, 3.63) is 84.4 Å². The number of amides is 3. The lowest BCUT2D eigenvalue weighted by atomic mass is 10.0. The molecule has 0 spiro atoms. The van der Waals surface area contributed by atoms with Gasteiger partial charge in [0.15, 0.2) is 0 Å². The normalized spacial score (nSPS) is 14.7. The number of morpholine rings is 1. The lowest BCUT2D eigenvalue weighted by Crippen LogP contribution is -2.53. The maximum Gasteiger partial charge on any atom is 0.330 e. The van der Waals surface area contributed by atoms with Crippen LogP contribution in [0.2, 0.25) is 0 Å². The van der Waals surface area contributed by atoms with Crippen molar-refractivity contribution in [3.8, 4) is 5.75 Å². The van der Waals surface area contributed by atoms with Crippen LogP contribution < -0.4 is 24.4 Å². The van der Waals surface area contributed by atoms with Gasteiger partial charge in [-0.3, -0.25) is 9.52 Å². The maximum absolute atomic E-state index is 13.4. The number of sulfonamides is 1. The van der Waals surface area contributed by atoms with E-state index in [0.29, 0.717) is 24.7 Å². The van der Waals surface area contributed by atoms with Gasteiger partial charge in [0, 0.05) is 32.2 Å². The summed E-state index contributed by atoms with van der Waals surface area (Å²) in [6.45, 7) is 1.03. The summed E-state index contributed by atoms with van der Waals surface area (Å²) in [5.41, 5.74) is 1.31. The van der Waals surface area contributed by atoms with Gasteiger partial charge in [-0.05, 0) is 54.1 Å². The van der Waals surface area contributed by atoms with Gasteiger partial charge in [-0.15, -0.1) is 0 Å². The van der Waals surface area contributed by atoms with Crippen molar-refractivity contribution in [2.24, 2.45) is 0 Å². The zero-order valence-electron chi connectivity index (χ0n) is 23.6.